The van der Waals surface area contributed by atoms with Crippen LogP contribution in [-0.4, -0.2) is 12.6 Å². The molecule has 0 aromatic carbocycles. The third-order valence-corrected chi connectivity index (χ3v) is 1.34. The number of hydrogen-bond acceptors (Lipinski definition) is 4. The third kappa shape index (κ3) is 3.08. The highest BCUT2D eigenvalue weighted by atomic mass is 35.5. The molecule has 1 rings (SSSR count). The molecule has 0 atom stereocenters. The van der Waals surface area contributed by atoms with Crippen LogP contribution >= 0.6 is 12.4 Å². The van der Waals surface area contributed by atoms with E-state index in [-0.39, 0.29) is 18.2 Å². The number of carbonyl (C=O) groups is 1. The fourth-order valence-corrected chi connectivity index (χ4v) is 0.800. The Bertz CT molecular complexity index is 272. The van der Waals surface area contributed by atoms with Crippen molar-refractivity contribution < 1.29 is 13.9 Å². The zero-order valence-corrected chi connectivity index (χ0v) is 8.10. The highest BCUT2D eigenvalue weighted by Crippen LogP contribution is 2.07. The maximum atomic E-state index is 11.0. The van der Waals surface area contributed by atoms with Crippen LogP contribution < -0.4 is 5.73 Å². The zero-order valence-electron chi connectivity index (χ0n) is 7.28. The van der Waals surface area contributed by atoms with Crippen molar-refractivity contribution in [1.29, 1.82) is 0 Å². The quantitative estimate of drug-likeness (QED) is 0.757. The van der Waals surface area contributed by atoms with Crippen molar-refractivity contribution in [2.75, 3.05) is 6.61 Å². The standard InChI is InChI=1S/C8H11NO3.ClH/c1-2-11-8(10)7-4-3-6(5-9)12-7;/h3-4H,2,5,9H2,1H3;1H. The SMILES string of the molecule is CCOC(=O)c1ccc(CN)o1.Cl. The monoisotopic (exact) mass is 205 g/mol. The van der Waals surface area contributed by atoms with E-state index < -0.39 is 5.97 Å². The summed E-state index contributed by atoms with van der Waals surface area (Å²) in [5, 5.41) is 0. The molecule has 2 N–H and O–H groups in total. The van der Waals surface area contributed by atoms with Gasteiger partial charge in [0, 0.05) is 0 Å². The fraction of sp³-hybridized carbons (Fsp3) is 0.375. The predicted molar refractivity (Wildman–Crippen MR) is 49.8 cm³/mol. The highest BCUT2D eigenvalue weighted by molar-refractivity contribution is 5.86. The van der Waals surface area contributed by atoms with Gasteiger partial charge in [-0.15, -0.1) is 12.4 Å². The second-order valence-electron chi connectivity index (χ2n) is 2.19. The summed E-state index contributed by atoms with van der Waals surface area (Å²) < 4.78 is 9.76. The van der Waals surface area contributed by atoms with Gasteiger partial charge < -0.3 is 14.9 Å². The maximum Gasteiger partial charge on any atom is 0.374 e. The van der Waals surface area contributed by atoms with Gasteiger partial charge in [-0.2, -0.15) is 0 Å². The minimum atomic E-state index is -0.447. The van der Waals surface area contributed by atoms with Crippen molar-refractivity contribution in [1.82, 2.24) is 0 Å². The molecular formula is C8H12ClNO3. The average Bonchev–Trinajstić information content (AvgIpc) is 2.52. The van der Waals surface area contributed by atoms with Crippen LogP contribution in [0.25, 0.3) is 0 Å². The smallest absolute Gasteiger partial charge is 0.374 e. The van der Waals surface area contributed by atoms with Crippen molar-refractivity contribution in [2.24, 2.45) is 5.73 Å². The van der Waals surface area contributed by atoms with Gasteiger partial charge in [0.15, 0.2) is 0 Å². The van der Waals surface area contributed by atoms with Gasteiger partial charge in [-0.05, 0) is 19.1 Å². The zero-order chi connectivity index (χ0) is 8.97. The maximum absolute atomic E-state index is 11.0. The molecule has 0 spiro atoms. The third-order valence-electron chi connectivity index (χ3n) is 1.34. The summed E-state index contributed by atoms with van der Waals surface area (Å²) in [7, 11) is 0. The molecule has 1 heterocycles. The molecule has 1 aromatic rings. The minimum absolute atomic E-state index is 0. The molecule has 0 aliphatic carbocycles. The van der Waals surface area contributed by atoms with E-state index in [4.69, 9.17) is 14.9 Å². The minimum Gasteiger partial charge on any atom is -0.460 e. The summed E-state index contributed by atoms with van der Waals surface area (Å²) in [6.45, 7) is 2.38. The average molecular weight is 206 g/mol. The van der Waals surface area contributed by atoms with Gasteiger partial charge in [0.1, 0.15) is 5.76 Å². The molecular weight excluding hydrogens is 194 g/mol. The molecule has 0 saturated carbocycles. The van der Waals surface area contributed by atoms with E-state index >= 15 is 0 Å². The van der Waals surface area contributed by atoms with E-state index in [1.807, 2.05) is 0 Å². The Morgan fingerprint density at radius 3 is 2.77 bits per heavy atom. The van der Waals surface area contributed by atoms with E-state index in [1.54, 1.807) is 19.1 Å². The number of rotatable bonds is 3. The van der Waals surface area contributed by atoms with Crippen LogP contribution in [0.2, 0.25) is 0 Å². The van der Waals surface area contributed by atoms with Crippen LogP contribution in [0, 0.1) is 0 Å². The van der Waals surface area contributed by atoms with Crippen molar-refractivity contribution in [3.05, 3.63) is 23.7 Å². The number of furan rings is 1. The van der Waals surface area contributed by atoms with E-state index in [9.17, 15) is 4.79 Å². The molecule has 0 aliphatic rings. The Morgan fingerprint density at radius 1 is 1.62 bits per heavy atom. The highest BCUT2D eigenvalue weighted by Gasteiger charge is 2.10. The van der Waals surface area contributed by atoms with Gasteiger partial charge in [-0.3, -0.25) is 0 Å². The van der Waals surface area contributed by atoms with Crippen LogP contribution in [0.4, 0.5) is 0 Å². The predicted octanol–water partition coefficient (Wildman–Crippen LogP) is 1.34. The summed E-state index contributed by atoms with van der Waals surface area (Å²) in [4.78, 5) is 11.0. The van der Waals surface area contributed by atoms with Crippen molar-refractivity contribution >= 4 is 18.4 Å². The molecule has 0 radical (unpaired) electrons. The number of nitrogens with two attached hydrogens (primary N) is 1. The Kier molecular flexibility index (Phi) is 5.18. The van der Waals surface area contributed by atoms with Crippen molar-refractivity contribution in [2.45, 2.75) is 13.5 Å². The van der Waals surface area contributed by atoms with Crippen LogP contribution in [0.15, 0.2) is 16.5 Å². The van der Waals surface area contributed by atoms with Gasteiger partial charge in [0.25, 0.3) is 0 Å². The van der Waals surface area contributed by atoms with Crippen molar-refractivity contribution in [3.8, 4) is 0 Å². The number of halogens is 1. The first kappa shape index (κ1) is 12.0. The van der Waals surface area contributed by atoms with Crippen LogP contribution in [0.3, 0.4) is 0 Å². The Morgan fingerprint density at radius 2 is 2.31 bits per heavy atom. The first-order valence-electron chi connectivity index (χ1n) is 3.73. The van der Waals surface area contributed by atoms with Crippen LogP contribution in [0.5, 0.6) is 0 Å². The van der Waals surface area contributed by atoms with Crippen LogP contribution in [-0.2, 0) is 11.3 Å². The largest absolute Gasteiger partial charge is 0.460 e. The summed E-state index contributed by atoms with van der Waals surface area (Å²) in [5.41, 5.74) is 5.29. The summed E-state index contributed by atoms with van der Waals surface area (Å²) in [5.74, 6) is 0.340. The van der Waals surface area contributed by atoms with Gasteiger partial charge in [0.2, 0.25) is 5.76 Å². The van der Waals surface area contributed by atoms with Gasteiger partial charge in [0.05, 0.1) is 13.2 Å². The normalized spacial score (nSPS) is 9.08. The summed E-state index contributed by atoms with van der Waals surface area (Å²) in [6, 6.07) is 3.21. The molecule has 4 nitrogen and oxygen atoms in total. The first-order chi connectivity index (χ1) is 5.77. The fourth-order valence-electron chi connectivity index (χ4n) is 0.800. The molecule has 0 saturated heterocycles. The number of carbonyl (C=O) groups excluding carboxylic acids is 1. The molecule has 0 fully saturated rings. The molecule has 0 amide bonds. The number of esters is 1. The number of hydrogen-bond donors (Lipinski definition) is 1. The number of ether oxygens (including phenoxy) is 1. The molecule has 74 valence electrons. The first-order valence-corrected chi connectivity index (χ1v) is 3.73. The lowest BCUT2D eigenvalue weighted by atomic mass is 10.4. The van der Waals surface area contributed by atoms with Crippen molar-refractivity contribution in [3.63, 3.8) is 0 Å². The second kappa shape index (κ2) is 5.61. The van der Waals surface area contributed by atoms with E-state index in [0.717, 1.165) is 0 Å². The molecule has 5 heteroatoms. The summed E-state index contributed by atoms with van der Waals surface area (Å²) >= 11 is 0. The van der Waals surface area contributed by atoms with E-state index in [2.05, 4.69) is 0 Å². The van der Waals surface area contributed by atoms with Crippen LogP contribution in [0.1, 0.15) is 23.2 Å². The topological polar surface area (TPSA) is 65.5 Å². The Balaban J connectivity index is 0.00000144. The lowest BCUT2D eigenvalue weighted by Gasteiger charge is -1.96. The lowest BCUT2D eigenvalue weighted by Crippen LogP contribution is -2.02. The van der Waals surface area contributed by atoms with Gasteiger partial charge in [-0.1, -0.05) is 0 Å². The molecule has 0 aliphatic heterocycles. The molecule has 1 aromatic heterocycles. The van der Waals surface area contributed by atoms with Gasteiger partial charge >= 0.3 is 5.97 Å². The Labute approximate surface area is 82.5 Å². The second-order valence-corrected chi connectivity index (χ2v) is 2.19. The van der Waals surface area contributed by atoms with E-state index in [1.165, 1.54) is 0 Å². The van der Waals surface area contributed by atoms with Gasteiger partial charge in [-0.25, -0.2) is 4.79 Å². The Hall–Kier alpha value is -1.00. The molecule has 0 unspecified atom stereocenters. The molecule has 0 bridgehead atoms. The lowest BCUT2D eigenvalue weighted by molar-refractivity contribution is 0.0488. The van der Waals surface area contributed by atoms with E-state index in [0.29, 0.717) is 18.9 Å². The molecule has 13 heavy (non-hydrogen) atoms. The summed E-state index contributed by atoms with van der Waals surface area (Å²) in [6.07, 6.45) is 0.